The number of aliphatic hydroxyl groups is 1. The van der Waals surface area contributed by atoms with Crippen LogP contribution in [0, 0.1) is 0 Å². The van der Waals surface area contributed by atoms with Gasteiger partial charge in [0.1, 0.15) is 0 Å². The summed E-state index contributed by atoms with van der Waals surface area (Å²) in [6.07, 6.45) is 30.9. The molecule has 0 rings (SSSR count). The second kappa shape index (κ2) is 27.2. The topological polar surface area (TPSA) is 23.5 Å². The molecule has 0 aliphatic carbocycles. The lowest BCUT2D eigenvalue weighted by Gasteiger charge is -2.23. The van der Waals surface area contributed by atoms with Gasteiger partial charge in [0.05, 0.1) is 6.10 Å². The maximum Gasteiger partial charge on any atom is 0.0552 e. The molecule has 1 atom stereocenters. The van der Waals surface area contributed by atoms with Crippen LogP contribution in [0.4, 0.5) is 0 Å². The molecule has 2 heteroatoms. The summed E-state index contributed by atoms with van der Waals surface area (Å²) in [5.74, 6) is 0. The van der Waals surface area contributed by atoms with E-state index in [-0.39, 0.29) is 6.10 Å². The van der Waals surface area contributed by atoms with Crippen molar-refractivity contribution in [2.75, 3.05) is 19.6 Å². The Balaban J connectivity index is 3.55. The SMILES string of the molecule is CCCCCCCCCCCCC(O)CCN(CCC)CCCCCCCCCCCC. The number of nitrogens with zero attached hydrogens (tertiary/aromatic N) is 1. The first-order chi connectivity index (χ1) is 15.7. The Labute approximate surface area is 204 Å². The minimum Gasteiger partial charge on any atom is -0.393 e. The number of aliphatic hydroxyl groups excluding tert-OH is 1. The van der Waals surface area contributed by atoms with Gasteiger partial charge in [0.15, 0.2) is 0 Å². The van der Waals surface area contributed by atoms with E-state index in [0.717, 1.165) is 19.4 Å². The second-order valence-corrected chi connectivity index (χ2v) is 10.4. The zero-order valence-electron chi connectivity index (χ0n) is 22.9. The molecule has 32 heavy (non-hydrogen) atoms. The molecule has 0 heterocycles. The molecule has 0 radical (unpaired) electrons. The van der Waals surface area contributed by atoms with Crippen LogP contribution in [0.3, 0.4) is 0 Å². The fourth-order valence-electron chi connectivity index (χ4n) is 4.82. The molecular weight excluding hydrogens is 390 g/mol. The minimum atomic E-state index is -0.0869. The molecule has 0 aromatic heterocycles. The minimum absolute atomic E-state index is 0.0869. The molecule has 0 fully saturated rings. The highest BCUT2D eigenvalue weighted by molar-refractivity contribution is 4.63. The molecule has 0 amide bonds. The van der Waals surface area contributed by atoms with Gasteiger partial charge in [0.25, 0.3) is 0 Å². The van der Waals surface area contributed by atoms with E-state index >= 15 is 0 Å². The summed E-state index contributed by atoms with van der Waals surface area (Å²) < 4.78 is 0. The van der Waals surface area contributed by atoms with Gasteiger partial charge in [-0.3, -0.25) is 0 Å². The van der Waals surface area contributed by atoms with E-state index in [4.69, 9.17) is 0 Å². The van der Waals surface area contributed by atoms with Crippen molar-refractivity contribution < 1.29 is 5.11 Å². The van der Waals surface area contributed by atoms with Crippen molar-refractivity contribution in [3.05, 3.63) is 0 Å². The van der Waals surface area contributed by atoms with Crippen molar-refractivity contribution >= 4 is 0 Å². The number of unbranched alkanes of at least 4 members (excludes halogenated alkanes) is 18. The summed E-state index contributed by atoms with van der Waals surface area (Å²) >= 11 is 0. The zero-order chi connectivity index (χ0) is 23.5. The highest BCUT2D eigenvalue weighted by atomic mass is 16.3. The molecular formula is C30H63NO. The third-order valence-electron chi connectivity index (χ3n) is 7.04. The summed E-state index contributed by atoms with van der Waals surface area (Å²) in [5.41, 5.74) is 0. The Hall–Kier alpha value is -0.0800. The van der Waals surface area contributed by atoms with Gasteiger partial charge in [-0.05, 0) is 38.8 Å². The number of rotatable bonds is 27. The Morgan fingerprint density at radius 2 is 0.812 bits per heavy atom. The molecule has 0 spiro atoms. The van der Waals surface area contributed by atoms with E-state index in [2.05, 4.69) is 25.7 Å². The van der Waals surface area contributed by atoms with Crippen molar-refractivity contribution in [1.82, 2.24) is 4.90 Å². The predicted molar refractivity (Wildman–Crippen MR) is 146 cm³/mol. The Morgan fingerprint density at radius 1 is 0.406 bits per heavy atom. The number of hydrogen-bond acceptors (Lipinski definition) is 2. The molecule has 0 saturated heterocycles. The Morgan fingerprint density at radius 3 is 1.25 bits per heavy atom. The van der Waals surface area contributed by atoms with Gasteiger partial charge >= 0.3 is 0 Å². The molecule has 0 aromatic rings. The summed E-state index contributed by atoms with van der Waals surface area (Å²) in [6, 6.07) is 0. The van der Waals surface area contributed by atoms with E-state index < -0.39 is 0 Å². The fraction of sp³-hybridized carbons (Fsp3) is 1.00. The summed E-state index contributed by atoms with van der Waals surface area (Å²) in [4.78, 5) is 2.60. The van der Waals surface area contributed by atoms with Crippen LogP contribution < -0.4 is 0 Å². The van der Waals surface area contributed by atoms with Crippen LogP contribution in [0.2, 0.25) is 0 Å². The summed E-state index contributed by atoms with van der Waals surface area (Å²) in [6.45, 7) is 10.4. The second-order valence-electron chi connectivity index (χ2n) is 10.4. The van der Waals surface area contributed by atoms with Gasteiger partial charge in [-0.1, -0.05) is 143 Å². The van der Waals surface area contributed by atoms with Crippen molar-refractivity contribution in [2.45, 2.75) is 175 Å². The van der Waals surface area contributed by atoms with Crippen molar-refractivity contribution in [1.29, 1.82) is 0 Å². The summed E-state index contributed by atoms with van der Waals surface area (Å²) in [7, 11) is 0. The smallest absolute Gasteiger partial charge is 0.0552 e. The van der Waals surface area contributed by atoms with E-state index in [9.17, 15) is 5.11 Å². The van der Waals surface area contributed by atoms with Crippen molar-refractivity contribution in [2.24, 2.45) is 0 Å². The molecule has 0 aromatic carbocycles. The Kier molecular flexibility index (Phi) is 27.1. The predicted octanol–water partition coefficient (Wildman–Crippen LogP) is 9.68. The van der Waals surface area contributed by atoms with Crippen LogP contribution >= 0.6 is 0 Å². The van der Waals surface area contributed by atoms with Gasteiger partial charge < -0.3 is 10.0 Å². The normalized spacial score (nSPS) is 12.7. The third-order valence-corrected chi connectivity index (χ3v) is 7.04. The van der Waals surface area contributed by atoms with Crippen LogP contribution in [0.1, 0.15) is 168 Å². The molecule has 0 aliphatic heterocycles. The lowest BCUT2D eigenvalue weighted by atomic mass is 10.0. The maximum atomic E-state index is 10.4. The molecule has 1 unspecified atom stereocenters. The lowest BCUT2D eigenvalue weighted by molar-refractivity contribution is 0.128. The molecule has 2 nitrogen and oxygen atoms in total. The first-order valence-electron chi connectivity index (χ1n) is 15.1. The third kappa shape index (κ3) is 24.6. The van der Waals surface area contributed by atoms with Gasteiger partial charge in [0.2, 0.25) is 0 Å². The average molecular weight is 454 g/mol. The van der Waals surface area contributed by atoms with Crippen LogP contribution in [0.25, 0.3) is 0 Å². The maximum absolute atomic E-state index is 10.4. The molecule has 194 valence electrons. The van der Waals surface area contributed by atoms with E-state index in [1.165, 1.54) is 148 Å². The Bertz CT molecular complexity index is 333. The van der Waals surface area contributed by atoms with Gasteiger partial charge in [-0.2, -0.15) is 0 Å². The quantitative estimate of drug-likeness (QED) is 0.125. The summed E-state index contributed by atoms with van der Waals surface area (Å²) in [5, 5.41) is 10.4. The van der Waals surface area contributed by atoms with Crippen LogP contribution in [0.5, 0.6) is 0 Å². The van der Waals surface area contributed by atoms with Crippen LogP contribution in [-0.2, 0) is 0 Å². The highest BCUT2D eigenvalue weighted by Gasteiger charge is 2.09. The molecule has 0 aliphatic rings. The number of hydrogen-bond donors (Lipinski definition) is 1. The first kappa shape index (κ1) is 31.9. The molecule has 1 N–H and O–H groups in total. The monoisotopic (exact) mass is 453 g/mol. The standard InChI is InChI=1S/C30H63NO/c1-4-7-9-11-13-15-17-19-21-23-25-30(32)26-29-31(27-6-3)28-24-22-20-18-16-14-12-10-8-5-2/h30,32H,4-29H2,1-3H3. The van der Waals surface area contributed by atoms with Crippen molar-refractivity contribution in [3.63, 3.8) is 0 Å². The molecule has 0 saturated carbocycles. The van der Waals surface area contributed by atoms with Crippen molar-refractivity contribution in [3.8, 4) is 0 Å². The van der Waals surface area contributed by atoms with E-state index in [1.54, 1.807) is 0 Å². The lowest BCUT2D eigenvalue weighted by Crippen LogP contribution is -2.29. The largest absolute Gasteiger partial charge is 0.393 e. The van der Waals surface area contributed by atoms with Gasteiger partial charge in [0, 0.05) is 6.54 Å². The molecule has 0 bridgehead atoms. The highest BCUT2D eigenvalue weighted by Crippen LogP contribution is 2.14. The zero-order valence-corrected chi connectivity index (χ0v) is 22.9. The fourth-order valence-corrected chi connectivity index (χ4v) is 4.82. The van der Waals surface area contributed by atoms with Crippen LogP contribution in [-0.4, -0.2) is 35.7 Å². The van der Waals surface area contributed by atoms with E-state index in [0.29, 0.717) is 0 Å². The van der Waals surface area contributed by atoms with E-state index in [1.807, 2.05) is 0 Å². The van der Waals surface area contributed by atoms with Gasteiger partial charge in [-0.25, -0.2) is 0 Å². The average Bonchev–Trinajstić information content (AvgIpc) is 2.79. The van der Waals surface area contributed by atoms with Crippen LogP contribution in [0.15, 0.2) is 0 Å². The first-order valence-corrected chi connectivity index (χ1v) is 15.1. The van der Waals surface area contributed by atoms with Gasteiger partial charge in [-0.15, -0.1) is 0 Å².